The molecule has 3 aromatic heterocycles. The highest BCUT2D eigenvalue weighted by Crippen LogP contribution is 2.29. The van der Waals surface area contributed by atoms with Crippen LogP contribution < -0.4 is 4.72 Å². The van der Waals surface area contributed by atoms with E-state index in [1.165, 1.54) is 6.20 Å². The monoisotopic (exact) mass is 459 g/mol. The van der Waals surface area contributed by atoms with E-state index in [0.29, 0.717) is 23.0 Å². The van der Waals surface area contributed by atoms with Crippen LogP contribution in [0.25, 0.3) is 22.3 Å². The predicted molar refractivity (Wildman–Crippen MR) is 116 cm³/mol. The maximum atomic E-state index is 15.1. The van der Waals surface area contributed by atoms with Gasteiger partial charge >= 0.3 is 0 Å². The van der Waals surface area contributed by atoms with E-state index >= 15 is 4.39 Å². The van der Waals surface area contributed by atoms with E-state index in [-0.39, 0.29) is 11.3 Å². The van der Waals surface area contributed by atoms with Crippen molar-refractivity contribution in [2.24, 2.45) is 7.05 Å². The van der Waals surface area contributed by atoms with Crippen molar-refractivity contribution in [2.45, 2.75) is 13.3 Å². The van der Waals surface area contributed by atoms with Gasteiger partial charge in [0.1, 0.15) is 11.5 Å². The van der Waals surface area contributed by atoms with Crippen LogP contribution in [0.5, 0.6) is 0 Å². The Morgan fingerprint density at radius 2 is 2.03 bits per heavy atom. The van der Waals surface area contributed by atoms with Crippen molar-refractivity contribution in [3.8, 4) is 11.3 Å². The Labute approximate surface area is 182 Å². The highest BCUT2D eigenvalue weighted by Gasteiger charge is 2.26. The van der Waals surface area contributed by atoms with Gasteiger partial charge < -0.3 is 4.98 Å². The molecule has 4 aromatic rings. The third-order valence-corrected chi connectivity index (χ3v) is 6.43. The number of rotatable bonds is 7. The number of pyridine rings is 1. The van der Waals surface area contributed by atoms with Crippen LogP contribution in [-0.2, 0) is 17.1 Å². The largest absolute Gasteiger partial charge is 0.345 e. The first-order valence-corrected chi connectivity index (χ1v) is 11.4. The maximum absolute atomic E-state index is 15.1. The number of ketones is 1. The fourth-order valence-corrected chi connectivity index (χ4v) is 4.58. The van der Waals surface area contributed by atoms with Crippen LogP contribution in [0, 0.1) is 11.6 Å². The average molecular weight is 459 g/mol. The second-order valence-corrected chi connectivity index (χ2v) is 9.04. The number of H-pyrrole nitrogens is 1. The number of hydrogen-bond acceptors (Lipinski definition) is 5. The number of aromatic nitrogens is 4. The van der Waals surface area contributed by atoms with E-state index in [9.17, 15) is 17.6 Å². The van der Waals surface area contributed by atoms with E-state index in [1.807, 2.05) is 0 Å². The van der Waals surface area contributed by atoms with Crippen LogP contribution in [0.2, 0.25) is 0 Å². The first-order chi connectivity index (χ1) is 15.2. The van der Waals surface area contributed by atoms with Gasteiger partial charge in [-0.1, -0.05) is 6.92 Å². The number of anilines is 1. The molecule has 3 heterocycles. The normalized spacial score (nSPS) is 11.8. The fourth-order valence-electron chi connectivity index (χ4n) is 3.45. The highest BCUT2D eigenvalue weighted by atomic mass is 32.2. The maximum Gasteiger partial charge on any atom is 0.232 e. The molecule has 1 aromatic carbocycles. The van der Waals surface area contributed by atoms with Gasteiger partial charge in [0.15, 0.2) is 5.82 Å². The number of aromatic amines is 1. The van der Waals surface area contributed by atoms with Crippen molar-refractivity contribution in [1.82, 2.24) is 19.7 Å². The van der Waals surface area contributed by atoms with Crippen molar-refractivity contribution in [1.29, 1.82) is 0 Å². The summed E-state index contributed by atoms with van der Waals surface area (Å²) in [5.74, 6) is -3.56. The summed E-state index contributed by atoms with van der Waals surface area (Å²) >= 11 is 0. The van der Waals surface area contributed by atoms with Gasteiger partial charge in [-0.2, -0.15) is 5.10 Å². The number of carbonyl (C=O) groups excluding carboxylic acids is 1. The minimum atomic E-state index is -3.83. The molecule has 0 aliphatic rings. The van der Waals surface area contributed by atoms with Gasteiger partial charge in [0.25, 0.3) is 0 Å². The molecular weight excluding hydrogens is 440 g/mol. The average Bonchev–Trinajstić information content (AvgIpc) is 3.35. The number of fused-ring (bicyclic) bond motifs is 1. The summed E-state index contributed by atoms with van der Waals surface area (Å²) in [5, 5.41) is 4.47. The molecule has 0 radical (unpaired) electrons. The van der Waals surface area contributed by atoms with Crippen molar-refractivity contribution in [3.05, 3.63) is 65.6 Å². The second kappa shape index (κ2) is 8.15. The lowest BCUT2D eigenvalue weighted by atomic mass is 10.0. The summed E-state index contributed by atoms with van der Waals surface area (Å²) in [6.45, 7) is 1.65. The highest BCUT2D eigenvalue weighted by molar-refractivity contribution is 7.92. The summed E-state index contributed by atoms with van der Waals surface area (Å²) in [6, 6.07) is 5.25. The van der Waals surface area contributed by atoms with Crippen LogP contribution in [0.15, 0.2) is 42.9 Å². The standard InChI is InChI=1S/C21H19F2N5O3S/c1-3-8-32(30,31)27-16-5-4-15(22)18(19(16)23)20(29)14-11-25-21-13(14)9-12(10-24-21)17-6-7-26-28(17)2/h4-7,9-11,27H,3,8H2,1-2H3,(H,24,25). The molecule has 166 valence electrons. The SMILES string of the molecule is CCCS(=O)(=O)Nc1ccc(F)c(C(=O)c2c[nH]c3ncc(-c4ccnn4C)cc23)c1F. The first-order valence-electron chi connectivity index (χ1n) is 9.70. The van der Waals surface area contributed by atoms with E-state index in [2.05, 4.69) is 19.8 Å². The molecule has 0 fully saturated rings. The zero-order chi connectivity index (χ0) is 23.0. The number of nitrogens with one attached hydrogen (secondary N) is 2. The van der Waals surface area contributed by atoms with Crippen molar-refractivity contribution in [2.75, 3.05) is 10.5 Å². The predicted octanol–water partition coefficient (Wildman–Crippen LogP) is 3.62. The summed E-state index contributed by atoms with van der Waals surface area (Å²) in [6.07, 6.45) is 4.83. The Balaban J connectivity index is 1.79. The molecule has 0 saturated carbocycles. The molecule has 8 nitrogen and oxygen atoms in total. The van der Waals surface area contributed by atoms with Gasteiger partial charge in [-0.25, -0.2) is 22.2 Å². The summed E-state index contributed by atoms with van der Waals surface area (Å²) < 4.78 is 57.4. The molecule has 11 heteroatoms. The third-order valence-electron chi connectivity index (χ3n) is 4.95. The molecule has 2 N–H and O–H groups in total. The minimum Gasteiger partial charge on any atom is -0.345 e. The topological polar surface area (TPSA) is 110 Å². The van der Waals surface area contributed by atoms with E-state index < -0.39 is 38.7 Å². The number of benzene rings is 1. The van der Waals surface area contributed by atoms with Gasteiger partial charge in [0.05, 0.1) is 22.7 Å². The Bertz CT molecular complexity index is 1440. The van der Waals surface area contributed by atoms with Crippen LogP contribution in [-0.4, -0.2) is 39.7 Å². The lowest BCUT2D eigenvalue weighted by Gasteiger charge is -2.11. The van der Waals surface area contributed by atoms with Gasteiger partial charge in [0, 0.05) is 42.2 Å². The molecule has 0 atom stereocenters. The molecule has 0 bridgehead atoms. The van der Waals surface area contributed by atoms with Gasteiger partial charge in [-0.3, -0.25) is 14.2 Å². The summed E-state index contributed by atoms with van der Waals surface area (Å²) in [4.78, 5) is 20.3. The number of aryl methyl sites for hydroxylation is 1. The van der Waals surface area contributed by atoms with Crippen molar-refractivity contribution < 1.29 is 22.0 Å². The lowest BCUT2D eigenvalue weighted by Crippen LogP contribution is -2.18. The molecule has 0 unspecified atom stereocenters. The van der Waals surface area contributed by atoms with E-state index in [1.54, 1.807) is 43.2 Å². The first kappa shape index (κ1) is 21.6. The van der Waals surface area contributed by atoms with Crippen LogP contribution in [0.3, 0.4) is 0 Å². The molecular formula is C21H19F2N5O3S. The quantitative estimate of drug-likeness (QED) is 0.410. The minimum absolute atomic E-state index is 0.00267. The second-order valence-electron chi connectivity index (χ2n) is 7.20. The zero-order valence-corrected chi connectivity index (χ0v) is 18.0. The van der Waals surface area contributed by atoms with Crippen LogP contribution >= 0.6 is 0 Å². The number of carbonyl (C=O) groups is 1. The summed E-state index contributed by atoms with van der Waals surface area (Å²) in [7, 11) is -2.09. The summed E-state index contributed by atoms with van der Waals surface area (Å²) in [5.41, 5.74) is 0.421. The Hall–Kier alpha value is -3.60. The van der Waals surface area contributed by atoms with Gasteiger partial charge in [0.2, 0.25) is 15.8 Å². The fraction of sp³-hybridized carbons (Fsp3) is 0.190. The number of halogens is 2. The Morgan fingerprint density at radius 1 is 1.25 bits per heavy atom. The van der Waals surface area contributed by atoms with Crippen LogP contribution in [0.4, 0.5) is 14.5 Å². The number of hydrogen-bond donors (Lipinski definition) is 2. The van der Waals surface area contributed by atoms with Gasteiger partial charge in [-0.15, -0.1) is 0 Å². The third kappa shape index (κ3) is 3.86. The van der Waals surface area contributed by atoms with Gasteiger partial charge in [-0.05, 0) is 30.7 Å². The molecule has 32 heavy (non-hydrogen) atoms. The van der Waals surface area contributed by atoms with Crippen molar-refractivity contribution >= 4 is 32.5 Å². The molecule has 0 amide bonds. The van der Waals surface area contributed by atoms with Crippen LogP contribution in [0.1, 0.15) is 29.3 Å². The van der Waals surface area contributed by atoms with E-state index in [0.717, 1.165) is 17.8 Å². The molecule has 0 aliphatic carbocycles. The molecule has 0 saturated heterocycles. The number of nitrogens with zero attached hydrogens (tertiary/aromatic N) is 3. The zero-order valence-electron chi connectivity index (χ0n) is 17.2. The Morgan fingerprint density at radius 3 is 2.72 bits per heavy atom. The van der Waals surface area contributed by atoms with E-state index in [4.69, 9.17) is 0 Å². The number of sulfonamides is 1. The molecule has 0 aliphatic heterocycles. The molecule has 0 spiro atoms. The Kier molecular flexibility index (Phi) is 5.51. The smallest absolute Gasteiger partial charge is 0.232 e. The molecule has 4 rings (SSSR count). The lowest BCUT2D eigenvalue weighted by molar-refractivity contribution is 0.103. The van der Waals surface area contributed by atoms with Crippen molar-refractivity contribution in [3.63, 3.8) is 0 Å².